The number of hydrogen-bond donors (Lipinski definition) is 0. The first-order valence-electron chi connectivity index (χ1n) is 5.78. The van der Waals surface area contributed by atoms with Crippen LogP contribution in [0.25, 0.3) is 0 Å². The van der Waals surface area contributed by atoms with E-state index >= 15 is 0 Å². The summed E-state index contributed by atoms with van der Waals surface area (Å²) in [5.41, 5.74) is 1.40. The summed E-state index contributed by atoms with van der Waals surface area (Å²) in [6.07, 6.45) is 0. The third-order valence-corrected chi connectivity index (χ3v) is 3.29. The molecule has 2 aromatic carbocycles. The molecule has 0 saturated heterocycles. The van der Waals surface area contributed by atoms with Crippen molar-refractivity contribution >= 4 is 28.9 Å². The smallest absolute Gasteiger partial charge is 0.274 e. The van der Waals surface area contributed by atoms with Crippen LogP contribution in [-0.4, -0.2) is 4.92 Å². The SMILES string of the molecule is Cc1ccc(Oc2ccc([N+](=O)[O-])c(CCl)c2)c(Cl)c1. The zero-order valence-corrected chi connectivity index (χ0v) is 12.1. The number of rotatable bonds is 4. The van der Waals surface area contributed by atoms with Gasteiger partial charge in [0.05, 0.1) is 15.8 Å². The molecule has 2 rings (SSSR count). The van der Waals surface area contributed by atoms with Gasteiger partial charge in [-0.2, -0.15) is 0 Å². The number of hydrogen-bond acceptors (Lipinski definition) is 3. The molecule has 104 valence electrons. The fourth-order valence-electron chi connectivity index (χ4n) is 1.73. The molecule has 0 aromatic heterocycles. The van der Waals surface area contributed by atoms with E-state index in [2.05, 4.69) is 0 Å². The number of halogens is 2. The lowest BCUT2D eigenvalue weighted by Crippen LogP contribution is -1.94. The van der Waals surface area contributed by atoms with E-state index in [4.69, 9.17) is 27.9 Å². The highest BCUT2D eigenvalue weighted by molar-refractivity contribution is 6.32. The molecule has 0 aliphatic carbocycles. The van der Waals surface area contributed by atoms with E-state index in [-0.39, 0.29) is 11.6 Å². The molecule has 0 unspecified atom stereocenters. The molecule has 0 bridgehead atoms. The first-order chi connectivity index (χ1) is 9.51. The quantitative estimate of drug-likeness (QED) is 0.449. The van der Waals surface area contributed by atoms with Crippen LogP contribution >= 0.6 is 23.2 Å². The molecule has 0 fully saturated rings. The van der Waals surface area contributed by atoms with Crippen LogP contribution < -0.4 is 4.74 Å². The number of nitrogens with zero attached hydrogens (tertiary/aromatic N) is 1. The van der Waals surface area contributed by atoms with Crippen molar-refractivity contribution in [3.63, 3.8) is 0 Å². The first-order valence-corrected chi connectivity index (χ1v) is 6.70. The fourth-order valence-corrected chi connectivity index (χ4v) is 2.21. The molecule has 0 aliphatic heterocycles. The first kappa shape index (κ1) is 14.6. The maximum absolute atomic E-state index is 10.8. The van der Waals surface area contributed by atoms with Crippen molar-refractivity contribution in [3.8, 4) is 11.5 Å². The second-order valence-electron chi connectivity index (χ2n) is 4.22. The van der Waals surface area contributed by atoms with E-state index in [0.29, 0.717) is 22.1 Å². The van der Waals surface area contributed by atoms with Crippen LogP contribution in [0.1, 0.15) is 11.1 Å². The molecule has 4 nitrogen and oxygen atoms in total. The number of aryl methyl sites for hydroxylation is 1. The highest BCUT2D eigenvalue weighted by atomic mass is 35.5. The van der Waals surface area contributed by atoms with E-state index in [0.717, 1.165) is 5.56 Å². The van der Waals surface area contributed by atoms with E-state index < -0.39 is 4.92 Å². The topological polar surface area (TPSA) is 52.4 Å². The molecule has 0 radical (unpaired) electrons. The van der Waals surface area contributed by atoms with E-state index in [9.17, 15) is 10.1 Å². The van der Waals surface area contributed by atoms with Crippen molar-refractivity contribution in [2.24, 2.45) is 0 Å². The summed E-state index contributed by atoms with van der Waals surface area (Å²) < 4.78 is 5.63. The van der Waals surface area contributed by atoms with Gasteiger partial charge in [-0.1, -0.05) is 17.7 Å². The van der Waals surface area contributed by atoms with Crippen molar-refractivity contribution in [2.45, 2.75) is 12.8 Å². The largest absolute Gasteiger partial charge is 0.456 e. The molecule has 20 heavy (non-hydrogen) atoms. The van der Waals surface area contributed by atoms with Gasteiger partial charge in [0.2, 0.25) is 0 Å². The second-order valence-corrected chi connectivity index (χ2v) is 4.89. The fraction of sp³-hybridized carbons (Fsp3) is 0.143. The molecule has 2 aromatic rings. The number of nitro groups is 1. The Hall–Kier alpha value is -1.78. The molecule has 0 heterocycles. The van der Waals surface area contributed by atoms with Crippen molar-refractivity contribution in [1.82, 2.24) is 0 Å². The summed E-state index contributed by atoms with van der Waals surface area (Å²) in [4.78, 5) is 10.4. The predicted molar refractivity (Wildman–Crippen MR) is 78.9 cm³/mol. The average Bonchev–Trinajstić information content (AvgIpc) is 2.41. The number of nitro benzene ring substituents is 1. The van der Waals surface area contributed by atoms with Crippen LogP contribution in [0.3, 0.4) is 0 Å². The van der Waals surface area contributed by atoms with Gasteiger partial charge in [0.1, 0.15) is 11.5 Å². The Morgan fingerprint density at radius 3 is 2.60 bits per heavy atom. The van der Waals surface area contributed by atoms with Crippen molar-refractivity contribution in [2.75, 3.05) is 0 Å². The van der Waals surface area contributed by atoms with Gasteiger partial charge in [0, 0.05) is 11.6 Å². The van der Waals surface area contributed by atoms with E-state index in [1.165, 1.54) is 12.1 Å². The Balaban J connectivity index is 2.32. The second kappa shape index (κ2) is 6.11. The average molecular weight is 312 g/mol. The number of alkyl halides is 1. The van der Waals surface area contributed by atoms with Crippen LogP contribution in [0.4, 0.5) is 5.69 Å². The minimum Gasteiger partial charge on any atom is -0.456 e. The zero-order valence-electron chi connectivity index (χ0n) is 10.6. The van der Waals surface area contributed by atoms with E-state index in [1.54, 1.807) is 18.2 Å². The lowest BCUT2D eigenvalue weighted by Gasteiger charge is -2.09. The van der Waals surface area contributed by atoms with Gasteiger partial charge < -0.3 is 4.74 Å². The highest BCUT2D eigenvalue weighted by Gasteiger charge is 2.14. The summed E-state index contributed by atoms with van der Waals surface area (Å²) >= 11 is 11.8. The number of benzene rings is 2. The predicted octanol–water partition coefficient (Wildman–Crippen LogP) is 5.09. The minimum absolute atomic E-state index is 0.0256. The third kappa shape index (κ3) is 3.21. The van der Waals surface area contributed by atoms with Gasteiger partial charge in [-0.15, -0.1) is 11.6 Å². The molecule has 0 atom stereocenters. The van der Waals surface area contributed by atoms with Gasteiger partial charge >= 0.3 is 0 Å². The molecule has 0 spiro atoms. The summed E-state index contributed by atoms with van der Waals surface area (Å²) in [6, 6.07) is 9.83. The van der Waals surface area contributed by atoms with Crippen LogP contribution in [0, 0.1) is 17.0 Å². The van der Waals surface area contributed by atoms with Gasteiger partial charge in [-0.05, 0) is 36.8 Å². The minimum atomic E-state index is -0.472. The summed E-state index contributed by atoms with van der Waals surface area (Å²) in [5, 5.41) is 11.3. The molecule has 0 amide bonds. The number of ether oxygens (including phenoxy) is 1. The highest BCUT2D eigenvalue weighted by Crippen LogP contribution is 2.32. The Morgan fingerprint density at radius 1 is 1.25 bits per heavy atom. The monoisotopic (exact) mass is 311 g/mol. The summed E-state index contributed by atoms with van der Waals surface area (Å²) in [6.45, 7) is 1.92. The maximum Gasteiger partial charge on any atom is 0.274 e. The Bertz CT molecular complexity index is 659. The Morgan fingerprint density at radius 2 is 2.00 bits per heavy atom. The maximum atomic E-state index is 10.8. The lowest BCUT2D eigenvalue weighted by atomic mass is 10.2. The zero-order chi connectivity index (χ0) is 14.7. The molecule has 0 saturated carbocycles. The van der Waals surface area contributed by atoms with E-state index in [1.807, 2.05) is 13.0 Å². The van der Waals surface area contributed by atoms with Crippen LogP contribution in [-0.2, 0) is 5.88 Å². The van der Waals surface area contributed by atoms with Crippen LogP contribution in [0.5, 0.6) is 11.5 Å². The van der Waals surface area contributed by atoms with Gasteiger partial charge in [-0.3, -0.25) is 10.1 Å². The molecular weight excluding hydrogens is 301 g/mol. The van der Waals surface area contributed by atoms with Crippen LogP contribution in [0.15, 0.2) is 36.4 Å². The van der Waals surface area contributed by atoms with Crippen molar-refractivity contribution in [1.29, 1.82) is 0 Å². The van der Waals surface area contributed by atoms with Gasteiger partial charge in [0.15, 0.2) is 0 Å². The van der Waals surface area contributed by atoms with Crippen molar-refractivity contribution in [3.05, 3.63) is 62.7 Å². The third-order valence-electron chi connectivity index (χ3n) is 2.71. The summed E-state index contributed by atoms with van der Waals surface area (Å²) in [5.74, 6) is 0.985. The standard InChI is InChI=1S/C14H11Cl2NO3/c1-9-2-5-14(12(16)6-9)20-11-3-4-13(17(18)19)10(7-11)8-15/h2-7H,8H2,1H3. The summed E-state index contributed by atoms with van der Waals surface area (Å²) in [7, 11) is 0. The lowest BCUT2D eigenvalue weighted by molar-refractivity contribution is -0.385. The molecule has 6 heteroatoms. The molecular formula is C14H11Cl2NO3. The van der Waals surface area contributed by atoms with Crippen LogP contribution in [0.2, 0.25) is 5.02 Å². The Labute approximate surface area is 126 Å². The Kier molecular flexibility index (Phi) is 4.47. The molecule has 0 aliphatic rings. The molecule has 0 N–H and O–H groups in total. The normalized spacial score (nSPS) is 10.3. The van der Waals surface area contributed by atoms with Gasteiger partial charge in [0.25, 0.3) is 5.69 Å². The van der Waals surface area contributed by atoms with Gasteiger partial charge in [-0.25, -0.2) is 0 Å². The van der Waals surface area contributed by atoms with Crippen molar-refractivity contribution < 1.29 is 9.66 Å².